The summed E-state index contributed by atoms with van der Waals surface area (Å²) in [6.45, 7) is 14.0. The van der Waals surface area contributed by atoms with Crippen LogP contribution >= 0.6 is 15.6 Å². The van der Waals surface area contributed by atoms with Crippen LogP contribution in [-0.4, -0.2) is 96.7 Å². The zero-order valence-corrected chi connectivity index (χ0v) is 57.7. The molecule has 0 bridgehead atoms. The van der Waals surface area contributed by atoms with Crippen molar-refractivity contribution < 1.29 is 80.2 Å². The number of unbranched alkanes of at least 4 members (excludes halogenated alkanes) is 28. The Bertz CT molecular complexity index is 1720. The second-order valence-electron chi connectivity index (χ2n) is 25.6. The van der Waals surface area contributed by atoms with Gasteiger partial charge in [0.1, 0.15) is 19.3 Å². The number of aliphatic hydroxyl groups is 1. The number of phosphoric ester groups is 2. The number of esters is 4. The van der Waals surface area contributed by atoms with Gasteiger partial charge in [0.15, 0.2) is 12.2 Å². The van der Waals surface area contributed by atoms with Gasteiger partial charge in [-0.15, -0.1) is 0 Å². The minimum absolute atomic E-state index is 0.102. The number of carbonyl (C=O) groups is 4. The van der Waals surface area contributed by atoms with E-state index >= 15 is 0 Å². The highest BCUT2D eigenvalue weighted by Gasteiger charge is 2.30. The molecule has 0 heterocycles. The van der Waals surface area contributed by atoms with Crippen molar-refractivity contribution in [1.29, 1.82) is 0 Å². The van der Waals surface area contributed by atoms with E-state index in [0.717, 1.165) is 114 Å². The summed E-state index contributed by atoms with van der Waals surface area (Å²) in [5.74, 6) is 0.839. The van der Waals surface area contributed by atoms with E-state index in [1.54, 1.807) is 0 Å². The van der Waals surface area contributed by atoms with Gasteiger partial charge in [0.05, 0.1) is 26.4 Å². The van der Waals surface area contributed by atoms with Crippen LogP contribution in [0.2, 0.25) is 0 Å². The number of rotatable bonds is 64. The Balaban J connectivity index is 5.26. The van der Waals surface area contributed by atoms with Crippen LogP contribution in [0, 0.1) is 23.7 Å². The SMILES string of the molecule is CCC(C)CCCCCCCCCCCCC(=O)O[C@H](COC(=O)CCCCCCCCCCC(C)C)COP(=O)(O)OCC(O)COP(=O)(O)OC[C@@H](COC(=O)CCCCCCCCCCC(C)C)OC(=O)CCCCCCCCC(C)CC. The molecule has 0 aromatic carbocycles. The number of aliphatic hydroxyl groups excluding tert-OH is 1. The summed E-state index contributed by atoms with van der Waals surface area (Å²) in [4.78, 5) is 72.4. The molecule has 510 valence electrons. The number of ether oxygens (including phenoxy) is 4. The quantitative estimate of drug-likeness (QED) is 0.0222. The Labute approximate surface area is 524 Å². The van der Waals surface area contributed by atoms with E-state index in [4.69, 9.17) is 37.0 Å². The van der Waals surface area contributed by atoms with Crippen molar-refractivity contribution in [1.82, 2.24) is 0 Å². The summed E-state index contributed by atoms with van der Waals surface area (Å²) < 4.78 is 68.1. The second kappa shape index (κ2) is 57.0. The van der Waals surface area contributed by atoms with Crippen LogP contribution in [0.3, 0.4) is 0 Å². The predicted octanol–water partition coefficient (Wildman–Crippen LogP) is 18.5. The third kappa shape index (κ3) is 58.4. The molecule has 0 aliphatic carbocycles. The monoisotopic (exact) mass is 1270 g/mol. The number of hydrogen-bond acceptors (Lipinski definition) is 15. The van der Waals surface area contributed by atoms with Crippen LogP contribution in [0.4, 0.5) is 0 Å². The van der Waals surface area contributed by atoms with Gasteiger partial charge in [-0.3, -0.25) is 37.3 Å². The van der Waals surface area contributed by atoms with E-state index < -0.39 is 97.5 Å². The summed E-state index contributed by atoms with van der Waals surface area (Å²) in [6, 6.07) is 0. The fourth-order valence-electron chi connectivity index (χ4n) is 9.89. The average Bonchev–Trinajstić information content (AvgIpc) is 3.51. The van der Waals surface area contributed by atoms with Crippen molar-refractivity contribution in [2.24, 2.45) is 23.7 Å². The van der Waals surface area contributed by atoms with Gasteiger partial charge < -0.3 is 33.8 Å². The molecule has 0 saturated heterocycles. The number of phosphoric acid groups is 2. The topological polar surface area (TPSA) is 237 Å². The van der Waals surface area contributed by atoms with Crippen LogP contribution in [-0.2, 0) is 65.4 Å². The molecule has 0 aromatic heterocycles. The molecule has 0 aromatic rings. The van der Waals surface area contributed by atoms with Crippen LogP contribution in [0.15, 0.2) is 0 Å². The van der Waals surface area contributed by atoms with Crippen LogP contribution in [0.5, 0.6) is 0 Å². The molecular formula is C67H130O17P2. The van der Waals surface area contributed by atoms with Gasteiger partial charge in [0.25, 0.3) is 0 Å². The lowest BCUT2D eigenvalue weighted by Gasteiger charge is -2.21. The van der Waals surface area contributed by atoms with E-state index in [1.165, 1.54) is 128 Å². The molecule has 0 aliphatic heterocycles. The predicted molar refractivity (Wildman–Crippen MR) is 344 cm³/mol. The molecule has 0 radical (unpaired) electrons. The average molecular weight is 1270 g/mol. The normalized spacial score (nSPS) is 15.0. The molecule has 0 fully saturated rings. The molecule has 0 spiro atoms. The van der Waals surface area contributed by atoms with Crippen molar-refractivity contribution in [2.45, 2.75) is 343 Å². The Morgan fingerprint density at radius 2 is 0.558 bits per heavy atom. The fraction of sp³-hybridized carbons (Fsp3) is 0.940. The van der Waals surface area contributed by atoms with Crippen molar-refractivity contribution in [3.05, 3.63) is 0 Å². The molecule has 0 amide bonds. The lowest BCUT2D eigenvalue weighted by Crippen LogP contribution is -2.30. The van der Waals surface area contributed by atoms with Gasteiger partial charge in [-0.2, -0.15) is 0 Å². The molecule has 0 aliphatic rings. The Hall–Kier alpha value is -1.94. The molecule has 3 N–H and O–H groups in total. The summed E-state index contributed by atoms with van der Waals surface area (Å²) in [6.07, 6.45) is 37.6. The summed E-state index contributed by atoms with van der Waals surface area (Å²) >= 11 is 0. The molecule has 19 heteroatoms. The molecule has 7 atom stereocenters. The van der Waals surface area contributed by atoms with Crippen molar-refractivity contribution in [3.8, 4) is 0 Å². The molecule has 0 rings (SSSR count). The largest absolute Gasteiger partial charge is 0.472 e. The van der Waals surface area contributed by atoms with Crippen molar-refractivity contribution in [3.63, 3.8) is 0 Å². The Kier molecular flexibility index (Phi) is 55.7. The van der Waals surface area contributed by atoms with E-state index in [1.807, 2.05) is 0 Å². The number of hydrogen-bond donors (Lipinski definition) is 3. The summed E-state index contributed by atoms with van der Waals surface area (Å²) in [5.41, 5.74) is 0. The minimum Gasteiger partial charge on any atom is -0.462 e. The zero-order chi connectivity index (χ0) is 63.9. The fourth-order valence-corrected chi connectivity index (χ4v) is 11.5. The van der Waals surface area contributed by atoms with Gasteiger partial charge in [-0.05, 0) is 49.4 Å². The highest BCUT2D eigenvalue weighted by molar-refractivity contribution is 7.47. The first-order chi connectivity index (χ1) is 41.2. The maximum absolute atomic E-state index is 13.0. The second-order valence-corrected chi connectivity index (χ2v) is 28.6. The summed E-state index contributed by atoms with van der Waals surface area (Å²) in [5, 5.41) is 10.6. The first-order valence-corrected chi connectivity index (χ1v) is 37.8. The molecular weight excluding hydrogens is 1140 g/mol. The number of carbonyl (C=O) groups excluding carboxylic acids is 4. The van der Waals surface area contributed by atoms with E-state index in [-0.39, 0.29) is 25.7 Å². The van der Waals surface area contributed by atoms with Gasteiger partial charge >= 0.3 is 39.5 Å². The van der Waals surface area contributed by atoms with Crippen molar-refractivity contribution >= 4 is 39.5 Å². The van der Waals surface area contributed by atoms with Crippen molar-refractivity contribution in [2.75, 3.05) is 39.6 Å². The molecule has 86 heavy (non-hydrogen) atoms. The lowest BCUT2D eigenvalue weighted by molar-refractivity contribution is -0.161. The first kappa shape index (κ1) is 84.1. The molecule has 5 unspecified atom stereocenters. The zero-order valence-electron chi connectivity index (χ0n) is 55.9. The minimum atomic E-state index is -4.95. The van der Waals surface area contributed by atoms with Gasteiger partial charge in [0.2, 0.25) is 0 Å². The van der Waals surface area contributed by atoms with Gasteiger partial charge in [0, 0.05) is 25.7 Å². The van der Waals surface area contributed by atoms with E-state index in [9.17, 15) is 43.2 Å². The van der Waals surface area contributed by atoms with E-state index in [2.05, 4.69) is 55.4 Å². The van der Waals surface area contributed by atoms with Crippen LogP contribution in [0.25, 0.3) is 0 Å². The lowest BCUT2D eigenvalue weighted by atomic mass is 9.99. The van der Waals surface area contributed by atoms with E-state index in [0.29, 0.717) is 25.7 Å². The maximum atomic E-state index is 13.0. The standard InChI is InChI=1S/C67H130O17P2/c1-9-59(7)45-37-29-21-13-11-12-14-24-33-41-49-66(71)83-62(53-77-64(69)47-39-31-22-17-15-19-27-35-43-57(3)4)55-81-85(73,74)79-51-61(68)52-80-86(75,76)82-56-63(84-67(72)50-42-34-26-25-30-38-46-60(8)10-2)54-78-65(70)48-40-32-23-18-16-20-28-36-44-58(5)6/h57-63,68H,9-56H2,1-8H3,(H,73,74)(H,75,76)/t59?,60?,61?,62-,63-/m1/s1. The third-order valence-electron chi connectivity index (χ3n) is 16.0. The highest BCUT2D eigenvalue weighted by atomic mass is 31.2. The van der Waals surface area contributed by atoms with Gasteiger partial charge in [-0.1, -0.05) is 274 Å². The summed E-state index contributed by atoms with van der Waals surface area (Å²) in [7, 11) is -9.90. The molecule has 0 saturated carbocycles. The van der Waals surface area contributed by atoms with Crippen LogP contribution < -0.4 is 0 Å². The maximum Gasteiger partial charge on any atom is 0.472 e. The Morgan fingerprint density at radius 1 is 0.326 bits per heavy atom. The molecule has 17 nitrogen and oxygen atoms in total. The Morgan fingerprint density at radius 3 is 0.826 bits per heavy atom. The third-order valence-corrected chi connectivity index (χ3v) is 17.9. The van der Waals surface area contributed by atoms with Crippen LogP contribution in [0.1, 0.15) is 325 Å². The smallest absolute Gasteiger partial charge is 0.462 e. The highest BCUT2D eigenvalue weighted by Crippen LogP contribution is 2.45. The van der Waals surface area contributed by atoms with Gasteiger partial charge in [-0.25, -0.2) is 9.13 Å². The first-order valence-electron chi connectivity index (χ1n) is 34.8.